The second-order valence-corrected chi connectivity index (χ2v) is 5.57. The lowest BCUT2D eigenvalue weighted by atomic mass is 10.1. The van der Waals surface area contributed by atoms with Crippen LogP contribution in [0.25, 0.3) is 0 Å². The second kappa shape index (κ2) is 5.83. The highest BCUT2D eigenvalue weighted by Gasteiger charge is 2.12. The van der Waals surface area contributed by atoms with Gasteiger partial charge in [-0.3, -0.25) is 0 Å². The summed E-state index contributed by atoms with van der Waals surface area (Å²) >= 11 is 3.29. The molecule has 3 rings (SSSR count). The van der Waals surface area contributed by atoms with Crippen LogP contribution in [0.5, 0.6) is 11.5 Å². The molecule has 1 aliphatic heterocycles. The number of hydrogen-bond donors (Lipinski definition) is 0. The van der Waals surface area contributed by atoms with Crippen molar-refractivity contribution in [2.24, 2.45) is 0 Å². The third kappa shape index (κ3) is 2.96. The number of hydrogen-bond acceptors (Lipinski definition) is 2. The highest BCUT2D eigenvalue weighted by atomic mass is 79.9. The lowest BCUT2D eigenvalue weighted by Crippen LogP contribution is -2.02. The molecule has 0 saturated carbocycles. The Morgan fingerprint density at radius 2 is 2.10 bits per heavy atom. The SMILES string of the molecule is Fc1ccc(OCCc2ccc3c(c2)CCO3)c(Br)c1. The predicted octanol–water partition coefficient (Wildman–Crippen LogP) is 4.14. The average molecular weight is 337 g/mol. The van der Waals surface area contributed by atoms with E-state index in [9.17, 15) is 4.39 Å². The van der Waals surface area contributed by atoms with E-state index in [1.165, 1.54) is 23.3 Å². The maximum absolute atomic E-state index is 13.0. The molecule has 0 spiro atoms. The number of fused-ring (bicyclic) bond motifs is 1. The molecule has 0 fully saturated rings. The summed E-state index contributed by atoms with van der Waals surface area (Å²) in [7, 11) is 0. The van der Waals surface area contributed by atoms with E-state index in [2.05, 4.69) is 28.1 Å². The van der Waals surface area contributed by atoms with Gasteiger partial charge in [0.1, 0.15) is 17.3 Å². The van der Waals surface area contributed by atoms with Crippen LogP contribution in [0, 0.1) is 5.82 Å². The molecule has 20 heavy (non-hydrogen) atoms. The maximum atomic E-state index is 13.0. The molecule has 0 N–H and O–H groups in total. The van der Waals surface area contributed by atoms with E-state index in [4.69, 9.17) is 9.47 Å². The first-order valence-electron chi connectivity index (χ1n) is 6.55. The van der Waals surface area contributed by atoms with E-state index in [1.54, 1.807) is 6.07 Å². The van der Waals surface area contributed by atoms with Crippen LogP contribution in [-0.4, -0.2) is 13.2 Å². The van der Waals surface area contributed by atoms with Gasteiger partial charge in [-0.15, -0.1) is 0 Å². The van der Waals surface area contributed by atoms with Crippen LogP contribution < -0.4 is 9.47 Å². The molecule has 1 heterocycles. The van der Waals surface area contributed by atoms with Gasteiger partial charge in [0.25, 0.3) is 0 Å². The topological polar surface area (TPSA) is 18.5 Å². The summed E-state index contributed by atoms with van der Waals surface area (Å²) in [6.45, 7) is 1.34. The number of benzene rings is 2. The third-order valence-electron chi connectivity index (χ3n) is 3.30. The van der Waals surface area contributed by atoms with E-state index >= 15 is 0 Å². The zero-order valence-corrected chi connectivity index (χ0v) is 12.5. The minimum Gasteiger partial charge on any atom is -0.493 e. The van der Waals surface area contributed by atoms with E-state index in [-0.39, 0.29) is 5.82 Å². The minimum atomic E-state index is -0.275. The monoisotopic (exact) mass is 336 g/mol. The summed E-state index contributed by atoms with van der Waals surface area (Å²) in [4.78, 5) is 0. The summed E-state index contributed by atoms with van der Waals surface area (Å²) in [5, 5.41) is 0. The Kier molecular flexibility index (Phi) is 3.92. The smallest absolute Gasteiger partial charge is 0.133 e. The molecule has 4 heteroatoms. The van der Waals surface area contributed by atoms with Gasteiger partial charge in [-0.1, -0.05) is 12.1 Å². The van der Waals surface area contributed by atoms with Gasteiger partial charge in [-0.2, -0.15) is 0 Å². The Bertz CT molecular complexity index is 628. The van der Waals surface area contributed by atoms with Crippen LogP contribution in [0.15, 0.2) is 40.9 Å². The van der Waals surface area contributed by atoms with E-state index in [1.807, 2.05) is 6.07 Å². The van der Waals surface area contributed by atoms with Crippen molar-refractivity contribution in [2.45, 2.75) is 12.8 Å². The molecule has 0 aromatic heterocycles. The Hall–Kier alpha value is -1.55. The molecular weight excluding hydrogens is 323 g/mol. The fourth-order valence-corrected chi connectivity index (χ4v) is 2.73. The van der Waals surface area contributed by atoms with Gasteiger partial charge in [0.2, 0.25) is 0 Å². The normalized spacial score (nSPS) is 12.9. The molecule has 1 aliphatic rings. The lowest BCUT2D eigenvalue weighted by Gasteiger charge is -2.09. The fourth-order valence-electron chi connectivity index (χ4n) is 2.27. The Morgan fingerprint density at radius 3 is 2.95 bits per heavy atom. The van der Waals surface area contributed by atoms with Gasteiger partial charge < -0.3 is 9.47 Å². The quantitative estimate of drug-likeness (QED) is 0.835. The van der Waals surface area contributed by atoms with E-state index in [0.29, 0.717) is 16.8 Å². The fraction of sp³-hybridized carbons (Fsp3) is 0.250. The standard InChI is InChI=1S/C16H14BrFO2/c17-14-10-13(18)2-4-16(14)20-7-5-11-1-3-15-12(9-11)6-8-19-15/h1-4,9-10H,5-8H2. The molecule has 0 radical (unpaired) electrons. The molecule has 0 atom stereocenters. The molecule has 2 aromatic carbocycles. The van der Waals surface area contributed by atoms with Gasteiger partial charge in [-0.25, -0.2) is 4.39 Å². The summed E-state index contributed by atoms with van der Waals surface area (Å²) in [5.41, 5.74) is 2.50. The van der Waals surface area contributed by atoms with Crippen molar-refractivity contribution in [3.63, 3.8) is 0 Å². The number of halogens is 2. The van der Waals surface area contributed by atoms with Crippen LogP contribution in [0.3, 0.4) is 0 Å². The molecule has 0 saturated heterocycles. The molecule has 0 bridgehead atoms. The minimum absolute atomic E-state index is 0.275. The van der Waals surface area contributed by atoms with Gasteiger partial charge in [0, 0.05) is 12.8 Å². The van der Waals surface area contributed by atoms with Crippen LogP contribution >= 0.6 is 15.9 Å². The average Bonchev–Trinajstić information content (AvgIpc) is 2.89. The molecule has 2 aromatic rings. The van der Waals surface area contributed by atoms with Gasteiger partial charge in [0.05, 0.1) is 17.7 Å². The highest BCUT2D eigenvalue weighted by molar-refractivity contribution is 9.10. The van der Waals surface area contributed by atoms with E-state index < -0.39 is 0 Å². The molecular formula is C16H14BrFO2. The molecule has 0 unspecified atom stereocenters. The zero-order chi connectivity index (χ0) is 13.9. The van der Waals surface area contributed by atoms with Crippen molar-refractivity contribution in [3.8, 4) is 11.5 Å². The predicted molar refractivity (Wildman–Crippen MR) is 78.9 cm³/mol. The number of rotatable bonds is 4. The van der Waals surface area contributed by atoms with Crippen molar-refractivity contribution < 1.29 is 13.9 Å². The first-order chi connectivity index (χ1) is 9.72. The van der Waals surface area contributed by atoms with Crippen molar-refractivity contribution in [1.29, 1.82) is 0 Å². The van der Waals surface area contributed by atoms with Crippen molar-refractivity contribution >= 4 is 15.9 Å². The van der Waals surface area contributed by atoms with Crippen molar-refractivity contribution in [2.75, 3.05) is 13.2 Å². The van der Waals surface area contributed by atoms with Gasteiger partial charge >= 0.3 is 0 Å². The summed E-state index contributed by atoms with van der Waals surface area (Å²) in [6.07, 6.45) is 1.80. The van der Waals surface area contributed by atoms with Crippen LogP contribution in [0.2, 0.25) is 0 Å². The second-order valence-electron chi connectivity index (χ2n) is 4.71. The summed E-state index contributed by atoms with van der Waals surface area (Å²) in [6, 6.07) is 10.7. The van der Waals surface area contributed by atoms with Crippen LogP contribution in [0.4, 0.5) is 4.39 Å². The summed E-state index contributed by atoms with van der Waals surface area (Å²) < 4.78 is 24.8. The van der Waals surface area contributed by atoms with E-state index in [0.717, 1.165) is 25.2 Å². The largest absolute Gasteiger partial charge is 0.493 e. The maximum Gasteiger partial charge on any atom is 0.133 e. The van der Waals surface area contributed by atoms with Crippen molar-refractivity contribution in [1.82, 2.24) is 0 Å². The van der Waals surface area contributed by atoms with Gasteiger partial charge in [-0.05, 0) is 51.3 Å². The molecule has 0 amide bonds. The first kappa shape index (κ1) is 13.4. The van der Waals surface area contributed by atoms with Crippen LogP contribution in [-0.2, 0) is 12.8 Å². The lowest BCUT2D eigenvalue weighted by molar-refractivity contribution is 0.319. The highest BCUT2D eigenvalue weighted by Crippen LogP contribution is 2.27. The first-order valence-corrected chi connectivity index (χ1v) is 7.34. The third-order valence-corrected chi connectivity index (χ3v) is 3.92. The molecule has 2 nitrogen and oxygen atoms in total. The number of ether oxygens (including phenoxy) is 2. The Labute approximate surface area is 125 Å². The van der Waals surface area contributed by atoms with Gasteiger partial charge in [0.15, 0.2) is 0 Å². The zero-order valence-electron chi connectivity index (χ0n) is 10.9. The van der Waals surface area contributed by atoms with Crippen molar-refractivity contribution in [3.05, 3.63) is 57.8 Å². The molecule has 104 valence electrons. The summed E-state index contributed by atoms with van der Waals surface area (Å²) in [5.74, 6) is 1.38. The molecule has 0 aliphatic carbocycles. The van der Waals surface area contributed by atoms with Crippen LogP contribution in [0.1, 0.15) is 11.1 Å². The Morgan fingerprint density at radius 1 is 1.20 bits per heavy atom. The Balaban J connectivity index is 1.60.